The van der Waals surface area contributed by atoms with E-state index in [1.54, 1.807) is 0 Å². The Kier molecular flexibility index (Phi) is 5.29. The molecule has 0 saturated heterocycles. The molecule has 0 heterocycles. The van der Waals surface area contributed by atoms with Crippen LogP contribution in [0.1, 0.15) is 32.4 Å². The van der Waals surface area contributed by atoms with Crippen LogP contribution in [0.2, 0.25) is 0 Å². The Morgan fingerprint density at radius 2 is 2.06 bits per heavy atom. The molecule has 0 aliphatic carbocycles. The van der Waals surface area contributed by atoms with Crippen LogP contribution in [0, 0.1) is 0 Å². The molecule has 1 aromatic rings. The monoisotopic (exact) mass is 223 g/mol. The minimum atomic E-state index is -0.0946. The van der Waals surface area contributed by atoms with Crippen molar-refractivity contribution in [2.24, 2.45) is 5.73 Å². The van der Waals surface area contributed by atoms with E-state index in [1.807, 2.05) is 45.0 Å². The molecule has 0 saturated carbocycles. The molecular formula is C13H21NO2. The summed E-state index contributed by atoms with van der Waals surface area (Å²) in [6, 6.07) is 7.76. The fourth-order valence-electron chi connectivity index (χ4n) is 1.39. The quantitative estimate of drug-likeness (QED) is 0.806. The number of nitrogens with two attached hydrogens (primary N) is 1. The van der Waals surface area contributed by atoms with E-state index in [-0.39, 0.29) is 12.1 Å². The van der Waals surface area contributed by atoms with E-state index >= 15 is 0 Å². The largest absolute Gasteiger partial charge is 0.494 e. The molecule has 1 rings (SSSR count). The van der Waals surface area contributed by atoms with E-state index in [0.717, 1.165) is 11.3 Å². The van der Waals surface area contributed by atoms with Crippen LogP contribution < -0.4 is 10.5 Å². The summed E-state index contributed by atoms with van der Waals surface area (Å²) in [5, 5.41) is 0. The van der Waals surface area contributed by atoms with Gasteiger partial charge in [-0.05, 0) is 38.5 Å². The fourth-order valence-corrected chi connectivity index (χ4v) is 1.39. The first-order valence-electron chi connectivity index (χ1n) is 5.73. The predicted molar refractivity (Wildman–Crippen MR) is 65.6 cm³/mol. The molecule has 1 unspecified atom stereocenters. The molecule has 0 aliphatic heterocycles. The molecule has 0 fully saturated rings. The van der Waals surface area contributed by atoms with Gasteiger partial charge < -0.3 is 15.2 Å². The van der Waals surface area contributed by atoms with Crippen LogP contribution >= 0.6 is 0 Å². The van der Waals surface area contributed by atoms with Crippen LogP contribution in [0.15, 0.2) is 24.3 Å². The third kappa shape index (κ3) is 4.21. The van der Waals surface area contributed by atoms with E-state index in [1.165, 1.54) is 0 Å². The minimum absolute atomic E-state index is 0.0946. The summed E-state index contributed by atoms with van der Waals surface area (Å²) in [4.78, 5) is 0. The van der Waals surface area contributed by atoms with Gasteiger partial charge in [0.05, 0.1) is 25.4 Å². The van der Waals surface area contributed by atoms with Crippen molar-refractivity contribution in [2.75, 3.05) is 13.2 Å². The maximum absolute atomic E-state index is 6.03. The second-order valence-corrected chi connectivity index (χ2v) is 3.99. The lowest BCUT2D eigenvalue weighted by Crippen LogP contribution is -2.19. The highest BCUT2D eigenvalue weighted by Gasteiger charge is 2.08. The highest BCUT2D eigenvalue weighted by molar-refractivity contribution is 5.30. The maximum atomic E-state index is 6.03. The van der Waals surface area contributed by atoms with E-state index in [2.05, 4.69) is 0 Å². The van der Waals surface area contributed by atoms with Crippen LogP contribution in [0.5, 0.6) is 5.75 Å². The van der Waals surface area contributed by atoms with Gasteiger partial charge in [-0.3, -0.25) is 0 Å². The third-order valence-electron chi connectivity index (χ3n) is 2.21. The first-order valence-corrected chi connectivity index (χ1v) is 5.73. The summed E-state index contributed by atoms with van der Waals surface area (Å²) >= 11 is 0. The standard InChI is InChI=1S/C13H21NO2/c1-4-15-12-7-5-6-11(8-12)13(14)9-16-10(2)3/h5-8,10,13H,4,9,14H2,1-3H3. The number of hydrogen-bond acceptors (Lipinski definition) is 3. The summed E-state index contributed by atoms with van der Waals surface area (Å²) in [5.74, 6) is 0.861. The molecule has 0 aliphatic rings. The van der Waals surface area contributed by atoms with E-state index in [0.29, 0.717) is 13.2 Å². The van der Waals surface area contributed by atoms with Gasteiger partial charge in [-0.15, -0.1) is 0 Å². The van der Waals surface area contributed by atoms with E-state index in [4.69, 9.17) is 15.2 Å². The molecular weight excluding hydrogens is 202 g/mol. The normalized spacial score (nSPS) is 12.8. The molecule has 0 spiro atoms. The van der Waals surface area contributed by atoms with Gasteiger partial charge in [-0.25, -0.2) is 0 Å². The topological polar surface area (TPSA) is 44.5 Å². The van der Waals surface area contributed by atoms with Gasteiger partial charge in [0.1, 0.15) is 5.75 Å². The third-order valence-corrected chi connectivity index (χ3v) is 2.21. The predicted octanol–water partition coefficient (Wildman–Crippen LogP) is 2.51. The van der Waals surface area contributed by atoms with Crippen LogP contribution in [0.3, 0.4) is 0 Å². The van der Waals surface area contributed by atoms with Gasteiger partial charge in [0.15, 0.2) is 0 Å². The van der Waals surface area contributed by atoms with Gasteiger partial charge in [0.25, 0.3) is 0 Å². The molecule has 90 valence electrons. The summed E-state index contributed by atoms with van der Waals surface area (Å²) in [6.07, 6.45) is 0.209. The Bertz CT molecular complexity index is 313. The zero-order valence-corrected chi connectivity index (χ0v) is 10.3. The average molecular weight is 223 g/mol. The molecule has 16 heavy (non-hydrogen) atoms. The Hall–Kier alpha value is -1.06. The summed E-state index contributed by atoms with van der Waals surface area (Å²) in [6.45, 7) is 7.18. The van der Waals surface area contributed by atoms with Crippen molar-refractivity contribution in [2.45, 2.75) is 32.9 Å². The Morgan fingerprint density at radius 1 is 1.31 bits per heavy atom. The SMILES string of the molecule is CCOc1cccc(C(N)COC(C)C)c1. The van der Waals surface area contributed by atoms with Crippen LogP contribution in [-0.2, 0) is 4.74 Å². The highest BCUT2D eigenvalue weighted by Crippen LogP contribution is 2.18. The maximum Gasteiger partial charge on any atom is 0.119 e. The summed E-state index contributed by atoms with van der Waals surface area (Å²) in [7, 11) is 0. The van der Waals surface area contributed by atoms with Crippen molar-refractivity contribution in [1.29, 1.82) is 0 Å². The van der Waals surface area contributed by atoms with Crippen molar-refractivity contribution < 1.29 is 9.47 Å². The zero-order valence-electron chi connectivity index (χ0n) is 10.3. The molecule has 3 heteroatoms. The molecule has 0 radical (unpaired) electrons. The summed E-state index contributed by atoms with van der Waals surface area (Å²) < 4.78 is 10.9. The Labute approximate surface area is 97.6 Å². The first-order chi connectivity index (χ1) is 7.63. The highest BCUT2D eigenvalue weighted by atomic mass is 16.5. The first kappa shape index (κ1) is 13.0. The number of hydrogen-bond donors (Lipinski definition) is 1. The number of rotatable bonds is 6. The van der Waals surface area contributed by atoms with Crippen molar-refractivity contribution in [1.82, 2.24) is 0 Å². The van der Waals surface area contributed by atoms with Gasteiger partial charge in [0, 0.05) is 0 Å². The van der Waals surface area contributed by atoms with Crippen LogP contribution in [-0.4, -0.2) is 19.3 Å². The van der Waals surface area contributed by atoms with E-state index < -0.39 is 0 Å². The molecule has 3 nitrogen and oxygen atoms in total. The van der Waals surface area contributed by atoms with Gasteiger partial charge in [-0.1, -0.05) is 12.1 Å². The minimum Gasteiger partial charge on any atom is -0.494 e. The van der Waals surface area contributed by atoms with Gasteiger partial charge in [0.2, 0.25) is 0 Å². The van der Waals surface area contributed by atoms with Gasteiger partial charge in [-0.2, -0.15) is 0 Å². The molecule has 0 amide bonds. The van der Waals surface area contributed by atoms with Crippen molar-refractivity contribution in [3.63, 3.8) is 0 Å². The second-order valence-electron chi connectivity index (χ2n) is 3.99. The van der Waals surface area contributed by atoms with Crippen LogP contribution in [0.25, 0.3) is 0 Å². The number of benzene rings is 1. The Balaban J connectivity index is 2.60. The molecule has 2 N–H and O–H groups in total. The zero-order chi connectivity index (χ0) is 12.0. The molecule has 1 atom stereocenters. The number of ether oxygens (including phenoxy) is 2. The second kappa shape index (κ2) is 6.51. The molecule has 0 bridgehead atoms. The lowest BCUT2D eigenvalue weighted by molar-refractivity contribution is 0.0683. The van der Waals surface area contributed by atoms with E-state index in [9.17, 15) is 0 Å². The summed E-state index contributed by atoms with van der Waals surface area (Å²) in [5.41, 5.74) is 7.08. The fraction of sp³-hybridized carbons (Fsp3) is 0.538. The lowest BCUT2D eigenvalue weighted by atomic mass is 10.1. The Morgan fingerprint density at radius 3 is 2.69 bits per heavy atom. The van der Waals surface area contributed by atoms with Crippen molar-refractivity contribution in [3.8, 4) is 5.75 Å². The average Bonchev–Trinajstić information content (AvgIpc) is 2.26. The molecule has 1 aromatic carbocycles. The van der Waals surface area contributed by atoms with Crippen molar-refractivity contribution in [3.05, 3.63) is 29.8 Å². The van der Waals surface area contributed by atoms with Crippen LogP contribution in [0.4, 0.5) is 0 Å². The van der Waals surface area contributed by atoms with Crippen molar-refractivity contribution >= 4 is 0 Å². The smallest absolute Gasteiger partial charge is 0.119 e. The lowest BCUT2D eigenvalue weighted by Gasteiger charge is -2.15. The molecule has 0 aromatic heterocycles. The van der Waals surface area contributed by atoms with Gasteiger partial charge >= 0.3 is 0 Å².